The van der Waals surface area contributed by atoms with Gasteiger partial charge in [0.05, 0.1) is 18.3 Å². The van der Waals surface area contributed by atoms with Gasteiger partial charge < -0.3 is 14.9 Å². The summed E-state index contributed by atoms with van der Waals surface area (Å²) in [7, 11) is 0. The van der Waals surface area contributed by atoms with Gasteiger partial charge in [0, 0.05) is 19.6 Å². The number of aromatic nitrogens is 1. The molecule has 1 aliphatic rings. The van der Waals surface area contributed by atoms with Crippen molar-refractivity contribution in [1.82, 2.24) is 9.88 Å². The van der Waals surface area contributed by atoms with E-state index in [1.807, 2.05) is 21.9 Å². The molecular formula is C20H25N3O2. The lowest BCUT2D eigenvalue weighted by atomic mass is 10.1. The Labute approximate surface area is 148 Å². The van der Waals surface area contributed by atoms with E-state index in [4.69, 9.17) is 0 Å². The second-order valence-corrected chi connectivity index (χ2v) is 6.83. The van der Waals surface area contributed by atoms with Gasteiger partial charge in [-0.15, -0.1) is 0 Å². The molecule has 0 bridgehead atoms. The van der Waals surface area contributed by atoms with Crippen LogP contribution in [0.1, 0.15) is 35.4 Å². The highest BCUT2D eigenvalue weighted by Crippen LogP contribution is 2.19. The Balaban J connectivity index is 1.68. The Morgan fingerprint density at radius 1 is 1.16 bits per heavy atom. The van der Waals surface area contributed by atoms with Crippen LogP contribution in [0.5, 0.6) is 0 Å². The van der Waals surface area contributed by atoms with Crippen LogP contribution in [0.25, 0.3) is 0 Å². The highest BCUT2D eigenvalue weighted by Gasteiger charge is 2.25. The Hall–Kier alpha value is -2.40. The molecule has 1 fully saturated rings. The molecule has 0 radical (unpaired) electrons. The smallest absolute Gasteiger partial charge is 0.242 e. The average molecular weight is 339 g/mol. The number of aliphatic hydroxyl groups excluding tert-OH is 1. The van der Waals surface area contributed by atoms with Gasteiger partial charge in [0.25, 0.3) is 0 Å². The molecule has 25 heavy (non-hydrogen) atoms. The molecule has 1 aliphatic heterocycles. The minimum atomic E-state index is -0.610. The molecule has 1 N–H and O–H groups in total. The Kier molecular flexibility index (Phi) is 5.04. The predicted molar refractivity (Wildman–Crippen MR) is 98.4 cm³/mol. The second-order valence-electron chi connectivity index (χ2n) is 6.83. The monoisotopic (exact) mass is 339 g/mol. The predicted octanol–water partition coefficient (Wildman–Crippen LogP) is 2.60. The molecule has 5 nitrogen and oxygen atoms in total. The summed E-state index contributed by atoms with van der Waals surface area (Å²) >= 11 is 0. The van der Waals surface area contributed by atoms with Crippen molar-refractivity contribution in [3.05, 3.63) is 58.8 Å². The van der Waals surface area contributed by atoms with Gasteiger partial charge in [0.2, 0.25) is 5.91 Å². The number of nitrogens with zero attached hydrogens (tertiary/aromatic N) is 3. The zero-order valence-corrected chi connectivity index (χ0v) is 15.1. The maximum absolute atomic E-state index is 12.6. The molecule has 5 heteroatoms. The normalized spacial score (nSPS) is 16.2. The van der Waals surface area contributed by atoms with Gasteiger partial charge in [-0.2, -0.15) is 0 Å². The lowest BCUT2D eigenvalue weighted by Crippen LogP contribution is -2.50. The van der Waals surface area contributed by atoms with Gasteiger partial charge in [-0.3, -0.25) is 4.79 Å². The first-order valence-corrected chi connectivity index (χ1v) is 8.67. The van der Waals surface area contributed by atoms with Crippen molar-refractivity contribution in [1.29, 1.82) is 0 Å². The van der Waals surface area contributed by atoms with Crippen LogP contribution < -0.4 is 4.90 Å². The van der Waals surface area contributed by atoms with Gasteiger partial charge in [-0.1, -0.05) is 35.4 Å². The third kappa shape index (κ3) is 4.17. The first-order valence-electron chi connectivity index (χ1n) is 8.67. The molecule has 0 aliphatic carbocycles. The zero-order valence-electron chi connectivity index (χ0n) is 15.1. The third-order valence-corrected chi connectivity index (χ3v) is 4.48. The number of hydrogen-bond donors (Lipinski definition) is 1. The number of rotatable bonds is 4. The van der Waals surface area contributed by atoms with Crippen LogP contribution in [0.2, 0.25) is 0 Å². The number of benzene rings is 1. The summed E-state index contributed by atoms with van der Waals surface area (Å²) in [5, 5.41) is 9.69. The molecule has 0 unspecified atom stereocenters. The summed E-state index contributed by atoms with van der Waals surface area (Å²) in [4.78, 5) is 20.9. The lowest BCUT2D eigenvalue weighted by Gasteiger charge is -2.35. The fourth-order valence-corrected chi connectivity index (χ4v) is 3.30. The highest BCUT2D eigenvalue weighted by molar-refractivity contribution is 5.82. The standard InChI is InChI=1S/C20H25N3O2/c1-14-9-15(2)11-17(10-14)12-23-8-7-22(13-20(23)25)19-6-4-5-18(21-19)16(3)24/h4-6,9-11,16,24H,7-8,12-13H2,1-3H3/t16-/m0/s1. The van der Waals surface area contributed by atoms with Gasteiger partial charge >= 0.3 is 0 Å². The van der Waals surface area contributed by atoms with Gasteiger partial charge in [-0.25, -0.2) is 4.98 Å². The average Bonchev–Trinajstić information content (AvgIpc) is 2.56. The molecular weight excluding hydrogens is 314 g/mol. The summed E-state index contributed by atoms with van der Waals surface area (Å²) < 4.78 is 0. The molecule has 1 aromatic carbocycles. The number of anilines is 1. The number of amides is 1. The van der Waals surface area contributed by atoms with Crippen LogP contribution in [0, 0.1) is 13.8 Å². The molecule has 1 saturated heterocycles. The fourth-order valence-electron chi connectivity index (χ4n) is 3.30. The molecule has 0 saturated carbocycles. The SMILES string of the molecule is Cc1cc(C)cc(CN2CCN(c3cccc([C@H](C)O)n3)CC2=O)c1. The van der Waals surface area contributed by atoms with Crippen molar-refractivity contribution < 1.29 is 9.90 Å². The van der Waals surface area contributed by atoms with E-state index in [9.17, 15) is 9.90 Å². The number of aliphatic hydroxyl groups is 1. The van der Waals surface area contributed by atoms with E-state index in [0.717, 1.165) is 12.4 Å². The largest absolute Gasteiger partial charge is 0.387 e. The maximum atomic E-state index is 12.6. The van der Waals surface area contributed by atoms with Crippen molar-refractivity contribution in [2.75, 3.05) is 24.5 Å². The van der Waals surface area contributed by atoms with Crippen molar-refractivity contribution in [2.24, 2.45) is 0 Å². The summed E-state index contributed by atoms with van der Waals surface area (Å²) in [6.45, 7) is 8.24. The topological polar surface area (TPSA) is 56.7 Å². The molecule has 1 atom stereocenters. The first-order chi connectivity index (χ1) is 11.9. The Bertz CT molecular complexity index is 753. The molecule has 2 heterocycles. The first kappa shape index (κ1) is 17.4. The summed E-state index contributed by atoms with van der Waals surface area (Å²) in [5.41, 5.74) is 4.25. The van der Waals surface area contributed by atoms with Gasteiger partial charge in [0.1, 0.15) is 5.82 Å². The number of carbonyl (C=O) groups is 1. The molecule has 1 aromatic heterocycles. The molecule has 0 spiro atoms. The Morgan fingerprint density at radius 3 is 2.52 bits per heavy atom. The lowest BCUT2D eigenvalue weighted by molar-refractivity contribution is -0.131. The minimum absolute atomic E-state index is 0.106. The number of hydrogen-bond acceptors (Lipinski definition) is 4. The van der Waals surface area contributed by atoms with Gasteiger partial charge in [0.15, 0.2) is 0 Å². The van der Waals surface area contributed by atoms with Crippen molar-refractivity contribution in [3.63, 3.8) is 0 Å². The van der Waals surface area contributed by atoms with E-state index in [1.54, 1.807) is 13.0 Å². The van der Waals surface area contributed by atoms with Crippen molar-refractivity contribution in [3.8, 4) is 0 Å². The third-order valence-electron chi connectivity index (χ3n) is 4.48. The highest BCUT2D eigenvalue weighted by atomic mass is 16.3. The number of pyridine rings is 1. The quantitative estimate of drug-likeness (QED) is 0.930. The van der Waals surface area contributed by atoms with E-state index in [1.165, 1.54) is 16.7 Å². The molecule has 1 amide bonds. The maximum Gasteiger partial charge on any atom is 0.242 e. The summed E-state index contributed by atoms with van der Waals surface area (Å²) in [6.07, 6.45) is -0.610. The fraction of sp³-hybridized carbons (Fsp3) is 0.400. The van der Waals surface area contributed by atoms with Crippen LogP contribution in [-0.2, 0) is 11.3 Å². The second kappa shape index (κ2) is 7.23. The van der Waals surface area contributed by atoms with Crippen LogP contribution >= 0.6 is 0 Å². The van der Waals surface area contributed by atoms with E-state index < -0.39 is 6.10 Å². The van der Waals surface area contributed by atoms with E-state index in [-0.39, 0.29) is 5.91 Å². The van der Waals surface area contributed by atoms with Crippen LogP contribution in [0.3, 0.4) is 0 Å². The van der Waals surface area contributed by atoms with Crippen LogP contribution in [0.15, 0.2) is 36.4 Å². The number of aryl methyl sites for hydroxylation is 2. The molecule has 132 valence electrons. The summed E-state index contributed by atoms with van der Waals surface area (Å²) in [5.74, 6) is 0.854. The molecule has 3 rings (SSSR count). The number of piperazine rings is 1. The summed E-state index contributed by atoms with van der Waals surface area (Å²) in [6, 6.07) is 12.0. The Morgan fingerprint density at radius 2 is 1.88 bits per heavy atom. The number of carbonyl (C=O) groups excluding carboxylic acids is 1. The van der Waals surface area contributed by atoms with Crippen molar-refractivity contribution in [2.45, 2.75) is 33.4 Å². The zero-order chi connectivity index (χ0) is 18.0. The van der Waals surface area contributed by atoms with E-state index in [2.05, 4.69) is 37.0 Å². The van der Waals surface area contributed by atoms with Crippen molar-refractivity contribution >= 4 is 11.7 Å². The minimum Gasteiger partial charge on any atom is -0.387 e. The van der Waals surface area contributed by atoms with Crippen LogP contribution in [-0.4, -0.2) is 40.5 Å². The van der Waals surface area contributed by atoms with Gasteiger partial charge in [-0.05, 0) is 38.5 Å². The molecule has 2 aromatic rings. The van der Waals surface area contributed by atoms with E-state index in [0.29, 0.717) is 25.3 Å². The van der Waals surface area contributed by atoms with E-state index >= 15 is 0 Å². The van der Waals surface area contributed by atoms with Crippen LogP contribution in [0.4, 0.5) is 5.82 Å².